The molecule has 0 fully saturated rings. The van der Waals surface area contributed by atoms with Crippen LogP contribution >= 0.6 is 8.53 Å². The number of nitrogens with one attached hydrogen (secondary N) is 1. The van der Waals surface area contributed by atoms with Gasteiger partial charge in [-0.25, -0.2) is 4.67 Å². The molecule has 0 aromatic heterocycles. The van der Waals surface area contributed by atoms with Crippen LogP contribution in [0.3, 0.4) is 0 Å². The number of rotatable bonds is 15. The standard InChI is InChI=1S/C19H38N3O3P/c1-16(2)19(23)21-13-9-7-8-10-14-24-26(25-15-11-12-20)22(17(3)4)18(5)6/h16-18H,7-11,13-15H2,1-6H3,(H,21,23). The Morgan fingerprint density at radius 1 is 1.00 bits per heavy atom. The van der Waals surface area contributed by atoms with Crippen LogP contribution in [-0.4, -0.2) is 42.4 Å². The van der Waals surface area contributed by atoms with Gasteiger partial charge in [0.2, 0.25) is 5.91 Å². The molecular formula is C19H38N3O3P. The lowest BCUT2D eigenvalue weighted by Crippen LogP contribution is -2.33. The first-order valence-corrected chi connectivity index (χ1v) is 10.9. The van der Waals surface area contributed by atoms with Gasteiger partial charge in [0, 0.05) is 24.5 Å². The lowest BCUT2D eigenvalue weighted by atomic mass is 10.2. The molecule has 1 amide bonds. The summed E-state index contributed by atoms with van der Waals surface area (Å²) in [5, 5.41) is 11.7. The van der Waals surface area contributed by atoms with E-state index in [4.69, 9.17) is 14.3 Å². The van der Waals surface area contributed by atoms with E-state index in [1.54, 1.807) is 0 Å². The molecule has 0 radical (unpaired) electrons. The highest BCUT2D eigenvalue weighted by Gasteiger charge is 2.26. The molecule has 26 heavy (non-hydrogen) atoms. The lowest BCUT2D eigenvalue weighted by molar-refractivity contribution is -0.123. The number of carbonyl (C=O) groups excluding carboxylic acids is 1. The fraction of sp³-hybridized carbons (Fsp3) is 0.895. The van der Waals surface area contributed by atoms with E-state index in [1.165, 1.54) is 0 Å². The summed E-state index contributed by atoms with van der Waals surface area (Å²) in [6, 6.07) is 2.77. The summed E-state index contributed by atoms with van der Waals surface area (Å²) in [6.07, 6.45) is 4.50. The third kappa shape index (κ3) is 11.8. The van der Waals surface area contributed by atoms with Crippen molar-refractivity contribution in [1.29, 1.82) is 5.26 Å². The van der Waals surface area contributed by atoms with Crippen LogP contribution in [0, 0.1) is 17.2 Å². The maximum atomic E-state index is 11.5. The first-order chi connectivity index (χ1) is 12.3. The van der Waals surface area contributed by atoms with Crippen molar-refractivity contribution in [2.24, 2.45) is 5.92 Å². The molecule has 0 heterocycles. The number of hydrogen-bond donors (Lipinski definition) is 1. The SMILES string of the molecule is CC(C)C(=O)NCCCCCCOP(OCCC#N)N(C(C)C)C(C)C. The Morgan fingerprint density at radius 3 is 2.12 bits per heavy atom. The van der Waals surface area contributed by atoms with E-state index in [2.05, 4.69) is 43.8 Å². The van der Waals surface area contributed by atoms with Crippen LogP contribution in [-0.2, 0) is 13.8 Å². The Morgan fingerprint density at radius 2 is 1.58 bits per heavy atom. The zero-order valence-electron chi connectivity index (χ0n) is 17.5. The Balaban J connectivity index is 4.09. The fourth-order valence-corrected chi connectivity index (χ4v) is 4.08. The van der Waals surface area contributed by atoms with Crippen LogP contribution in [0.5, 0.6) is 0 Å². The van der Waals surface area contributed by atoms with Crippen LogP contribution in [0.1, 0.15) is 73.6 Å². The van der Waals surface area contributed by atoms with E-state index in [0.717, 1.165) is 32.2 Å². The van der Waals surface area contributed by atoms with Gasteiger partial charge in [-0.3, -0.25) is 4.79 Å². The van der Waals surface area contributed by atoms with Crippen molar-refractivity contribution in [3.05, 3.63) is 0 Å². The second-order valence-electron chi connectivity index (χ2n) is 7.24. The molecule has 0 saturated carbocycles. The smallest absolute Gasteiger partial charge is 0.259 e. The third-order valence-electron chi connectivity index (χ3n) is 3.76. The molecule has 6 nitrogen and oxygen atoms in total. The van der Waals surface area contributed by atoms with E-state index < -0.39 is 8.53 Å². The molecule has 1 unspecified atom stereocenters. The molecular weight excluding hydrogens is 349 g/mol. The Kier molecular flexibility index (Phi) is 14.9. The first-order valence-electron chi connectivity index (χ1n) is 9.80. The predicted molar refractivity (Wildman–Crippen MR) is 107 cm³/mol. The quantitative estimate of drug-likeness (QED) is 0.328. The summed E-state index contributed by atoms with van der Waals surface area (Å²) < 4.78 is 14.1. The lowest BCUT2D eigenvalue weighted by Gasteiger charge is -2.35. The maximum absolute atomic E-state index is 11.5. The average Bonchev–Trinajstić information content (AvgIpc) is 2.55. The van der Waals surface area contributed by atoms with E-state index in [0.29, 0.717) is 31.7 Å². The van der Waals surface area contributed by atoms with Crippen molar-refractivity contribution in [1.82, 2.24) is 9.99 Å². The van der Waals surface area contributed by atoms with Gasteiger partial charge in [0.1, 0.15) is 0 Å². The van der Waals surface area contributed by atoms with E-state index >= 15 is 0 Å². The molecule has 0 aliphatic rings. The Labute approximate surface area is 161 Å². The van der Waals surface area contributed by atoms with E-state index in [1.807, 2.05) is 13.8 Å². The second-order valence-corrected chi connectivity index (χ2v) is 8.69. The molecule has 1 atom stereocenters. The van der Waals surface area contributed by atoms with Crippen molar-refractivity contribution < 1.29 is 13.8 Å². The minimum atomic E-state index is -1.13. The molecule has 7 heteroatoms. The topological polar surface area (TPSA) is 74.6 Å². The van der Waals surface area contributed by atoms with Crippen LogP contribution in [0.2, 0.25) is 0 Å². The molecule has 0 aliphatic carbocycles. The number of hydrogen-bond acceptors (Lipinski definition) is 5. The largest absolute Gasteiger partial charge is 0.356 e. The molecule has 0 aliphatic heterocycles. The Bertz CT molecular complexity index is 403. The number of nitrogens with zero attached hydrogens (tertiary/aromatic N) is 2. The van der Waals surface area contributed by atoms with Crippen molar-refractivity contribution in [3.63, 3.8) is 0 Å². The zero-order chi connectivity index (χ0) is 19.9. The predicted octanol–water partition coefficient (Wildman–Crippen LogP) is 4.61. The van der Waals surface area contributed by atoms with Gasteiger partial charge in [-0.2, -0.15) is 5.26 Å². The summed E-state index contributed by atoms with van der Waals surface area (Å²) in [6.45, 7) is 14.2. The van der Waals surface area contributed by atoms with Gasteiger partial charge in [0.05, 0.1) is 25.7 Å². The maximum Gasteiger partial charge on any atom is 0.259 e. The second kappa shape index (κ2) is 15.3. The molecule has 0 aromatic carbocycles. The van der Waals surface area contributed by atoms with Gasteiger partial charge in [-0.15, -0.1) is 0 Å². The summed E-state index contributed by atoms with van der Waals surface area (Å²) in [5.41, 5.74) is 0. The number of carbonyl (C=O) groups is 1. The highest BCUT2D eigenvalue weighted by Crippen LogP contribution is 2.46. The van der Waals surface area contributed by atoms with Crippen LogP contribution in [0.15, 0.2) is 0 Å². The molecule has 0 rings (SSSR count). The molecule has 0 saturated heterocycles. The molecule has 0 aromatic rings. The van der Waals surface area contributed by atoms with Gasteiger partial charge < -0.3 is 14.4 Å². The number of unbranched alkanes of at least 4 members (excludes halogenated alkanes) is 3. The summed E-state index contributed by atoms with van der Waals surface area (Å²) >= 11 is 0. The third-order valence-corrected chi connectivity index (χ3v) is 5.87. The van der Waals surface area contributed by atoms with Crippen molar-refractivity contribution in [2.75, 3.05) is 19.8 Å². The normalized spacial score (nSPS) is 12.8. The molecule has 0 bridgehead atoms. The van der Waals surface area contributed by atoms with Gasteiger partial charge in [0.25, 0.3) is 8.53 Å². The highest BCUT2D eigenvalue weighted by atomic mass is 31.2. The van der Waals surface area contributed by atoms with Crippen LogP contribution < -0.4 is 5.32 Å². The molecule has 152 valence electrons. The summed E-state index contributed by atoms with van der Waals surface area (Å²) in [5.74, 6) is 0.171. The van der Waals surface area contributed by atoms with Gasteiger partial charge >= 0.3 is 0 Å². The fourth-order valence-electron chi connectivity index (χ4n) is 2.45. The summed E-state index contributed by atoms with van der Waals surface area (Å²) in [7, 11) is -1.13. The minimum absolute atomic E-state index is 0.0496. The minimum Gasteiger partial charge on any atom is -0.356 e. The van der Waals surface area contributed by atoms with Crippen LogP contribution in [0.25, 0.3) is 0 Å². The summed E-state index contributed by atoms with van der Waals surface area (Å²) in [4.78, 5) is 11.5. The number of amides is 1. The van der Waals surface area contributed by atoms with Gasteiger partial charge in [-0.05, 0) is 40.5 Å². The van der Waals surface area contributed by atoms with Gasteiger partial charge in [0.15, 0.2) is 0 Å². The van der Waals surface area contributed by atoms with Gasteiger partial charge in [-0.1, -0.05) is 26.7 Å². The molecule has 0 spiro atoms. The number of nitriles is 1. The van der Waals surface area contributed by atoms with Crippen molar-refractivity contribution in [3.8, 4) is 6.07 Å². The van der Waals surface area contributed by atoms with E-state index in [9.17, 15) is 4.79 Å². The highest BCUT2D eigenvalue weighted by molar-refractivity contribution is 7.44. The average molecular weight is 388 g/mol. The molecule has 1 N–H and O–H groups in total. The monoisotopic (exact) mass is 387 g/mol. The zero-order valence-corrected chi connectivity index (χ0v) is 18.3. The van der Waals surface area contributed by atoms with Crippen LogP contribution in [0.4, 0.5) is 0 Å². The van der Waals surface area contributed by atoms with Crippen molar-refractivity contribution in [2.45, 2.75) is 85.7 Å². The Hall–Kier alpha value is -0.730. The van der Waals surface area contributed by atoms with Crippen molar-refractivity contribution >= 4 is 14.4 Å². The first kappa shape index (κ1) is 25.3. The van der Waals surface area contributed by atoms with E-state index in [-0.39, 0.29) is 11.8 Å².